The van der Waals surface area contributed by atoms with Crippen LogP contribution in [0.3, 0.4) is 0 Å². The maximum atomic E-state index is 15.4. The third kappa shape index (κ3) is 3.69. The Balaban J connectivity index is 1.55. The van der Waals surface area contributed by atoms with Crippen LogP contribution in [0.5, 0.6) is 0 Å². The first-order chi connectivity index (χ1) is 14.1. The van der Waals surface area contributed by atoms with Crippen molar-refractivity contribution in [3.05, 3.63) is 46.8 Å². The van der Waals surface area contributed by atoms with Crippen LogP contribution in [0.15, 0.2) is 18.2 Å². The molecule has 0 saturated heterocycles. The van der Waals surface area contributed by atoms with Gasteiger partial charge in [-0.2, -0.15) is 0 Å². The number of unbranched alkanes of at least 4 members (excludes halogenated alkanes) is 2. The Hall–Kier alpha value is -1.55. The first-order valence-corrected chi connectivity index (χ1v) is 13.8. The van der Waals surface area contributed by atoms with Crippen LogP contribution in [0.1, 0.15) is 75.3 Å². The molecule has 0 aromatic heterocycles. The van der Waals surface area contributed by atoms with E-state index in [1.54, 1.807) is 6.07 Å². The van der Waals surface area contributed by atoms with Gasteiger partial charge in [-0.15, -0.1) is 0 Å². The molecule has 0 unspecified atom stereocenters. The zero-order valence-electron chi connectivity index (χ0n) is 17.6. The van der Waals surface area contributed by atoms with Crippen LogP contribution >= 0.6 is 0 Å². The number of halogens is 3. The van der Waals surface area contributed by atoms with Gasteiger partial charge in [0, 0.05) is 20.6 Å². The van der Waals surface area contributed by atoms with E-state index in [2.05, 4.69) is 13.5 Å². The molecule has 2 aromatic carbocycles. The fraction of sp³-hybridized carbons (Fsp3) is 0.520. The van der Waals surface area contributed by atoms with Crippen LogP contribution in [0.25, 0.3) is 22.3 Å². The molecule has 0 bridgehead atoms. The van der Waals surface area contributed by atoms with Gasteiger partial charge in [-0.1, -0.05) is 51.3 Å². The lowest BCUT2D eigenvalue weighted by atomic mass is 9.73. The van der Waals surface area contributed by atoms with Gasteiger partial charge in [-0.3, -0.25) is 0 Å². The first-order valence-electron chi connectivity index (χ1n) is 11.4. The summed E-state index contributed by atoms with van der Waals surface area (Å²) in [4.78, 5) is 0. The lowest BCUT2D eigenvalue weighted by molar-refractivity contribution is 0.299. The molecule has 2 aliphatic carbocycles. The Morgan fingerprint density at radius 1 is 0.897 bits per heavy atom. The summed E-state index contributed by atoms with van der Waals surface area (Å²) in [7, 11) is -0.422. The zero-order valence-corrected chi connectivity index (χ0v) is 19.0. The van der Waals surface area contributed by atoms with Crippen LogP contribution in [0.2, 0.25) is 6.55 Å². The summed E-state index contributed by atoms with van der Waals surface area (Å²) < 4.78 is 44.6. The normalized spacial score (nSPS) is 20.6. The van der Waals surface area contributed by atoms with E-state index in [4.69, 9.17) is 0 Å². The van der Waals surface area contributed by atoms with Crippen LogP contribution in [0.4, 0.5) is 13.2 Å². The Morgan fingerprint density at radius 2 is 1.62 bits per heavy atom. The minimum Gasteiger partial charge on any atom is -0.206 e. The lowest BCUT2D eigenvalue weighted by Crippen LogP contribution is -2.16. The predicted octanol–water partition coefficient (Wildman–Crippen LogP) is 7.32. The Kier molecular flexibility index (Phi) is 6.19. The van der Waals surface area contributed by atoms with Crippen molar-refractivity contribution in [1.29, 1.82) is 0 Å². The maximum absolute atomic E-state index is 15.4. The van der Waals surface area contributed by atoms with Gasteiger partial charge < -0.3 is 0 Å². The van der Waals surface area contributed by atoms with Gasteiger partial charge in [0.15, 0.2) is 11.6 Å². The second-order valence-corrected chi connectivity index (χ2v) is 10.4. The molecule has 4 heteroatoms. The number of fused-ring (bicyclic) bond motifs is 4. The topological polar surface area (TPSA) is 0 Å². The van der Waals surface area contributed by atoms with Crippen molar-refractivity contribution in [3.63, 3.8) is 0 Å². The summed E-state index contributed by atoms with van der Waals surface area (Å²) in [5.74, 6) is -0.991. The summed E-state index contributed by atoms with van der Waals surface area (Å²) in [6, 6.07) is 6.20. The van der Waals surface area contributed by atoms with E-state index in [0.29, 0.717) is 28.3 Å². The SMILES string of the molecule is CCCCCC1CCC(c2ccc3c(c2F)-c2c-3cc(C[SiH2]C)c(F)c2F)CC1. The van der Waals surface area contributed by atoms with E-state index in [-0.39, 0.29) is 17.3 Å². The molecular weight excluding hydrogens is 385 g/mol. The molecule has 1 saturated carbocycles. The molecule has 0 amide bonds. The highest BCUT2D eigenvalue weighted by molar-refractivity contribution is 6.33. The van der Waals surface area contributed by atoms with E-state index >= 15 is 4.39 Å². The average Bonchev–Trinajstić information content (AvgIpc) is 2.71. The molecule has 1 fully saturated rings. The Bertz CT molecular complexity index is 898. The third-order valence-corrected chi connectivity index (χ3v) is 8.05. The maximum Gasteiger partial charge on any atom is 0.167 e. The number of benzene rings is 2. The first kappa shape index (κ1) is 20.7. The third-order valence-electron chi connectivity index (χ3n) is 7.02. The largest absolute Gasteiger partial charge is 0.206 e. The van der Waals surface area contributed by atoms with Gasteiger partial charge >= 0.3 is 0 Å². The van der Waals surface area contributed by atoms with Crippen molar-refractivity contribution in [1.82, 2.24) is 0 Å². The van der Waals surface area contributed by atoms with Crippen molar-refractivity contribution < 1.29 is 13.2 Å². The monoisotopic (exact) mass is 416 g/mol. The van der Waals surface area contributed by atoms with Crippen molar-refractivity contribution in [2.75, 3.05) is 0 Å². The van der Waals surface area contributed by atoms with Crippen molar-refractivity contribution in [2.45, 2.75) is 76.8 Å². The summed E-state index contributed by atoms with van der Waals surface area (Å²) >= 11 is 0. The molecule has 0 radical (unpaired) electrons. The van der Waals surface area contributed by atoms with Gasteiger partial charge in [0.05, 0.1) is 0 Å². The highest BCUT2D eigenvalue weighted by Gasteiger charge is 2.35. The van der Waals surface area contributed by atoms with Crippen LogP contribution < -0.4 is 0 Å². The van der Waals surface area contributed by atoms with E-state index < -0.39 is 21.2 Å². The molecule has 29 heavy (non-hydrogen) atoms. The van der Waals surface area contributed by atoms with E-state index in [1.165, 1.54) is 25.7 Å². The molecule has 0 atom stereocenters. The molecule has 2 aliphatic rings. The number of hydrogen-bond acceptors (Lipinski definition) is 0. The molecule has 4 rings (SSSR count). The van der Waals surface area contributed by atoms with E-state index in [0.717, 1.165) is 37.2 Å². The van der Waals surface area contributed by atoms with Gasteiger partial charge in [0.1, 0.15) is 5.82 Å². The highest BCUT2D eigenvalue weighted by atomic mass is 28.2. The van der Waals surface area contributed by atoms with Gasteiger partial charge in [-0.25, -0.2) is 13.2 Å². The minimum atomic E-state index is -0.858. The predicted molar refractivity (Wildman–Crippen MR) is 118 cm³/mol. The van der Waals surface area contributed by atoms with E-state index in [1.807, 2.05) is 12.1 Å². The molecule has 156 valence electrons. The van der Waals surface area contributed by atoms with Crippen LogP contribution in [-0.4, -0.2) is 9.52 Å². The molecule has 2 aromatic rings. The molecule has 0 N–H and O–H groups in total. The van der Waals surface area contributed by atoms with Gasteiger partial charge in [0.25, 0.3) is 0 Å². The molecular formula is C25H31F3Si. The molecule has 0 spiro atoms. The van der Waals surface area contributed by atoms with Crippen molar-refractivity contribution >= 4 is 9.52 Å². The zero-order chi connectivity index (χ0) is 20.5. The quantitative estimate of drug-likeness (QED) is 0.279. The second-order valence-electron chi connectivity index (χ2n) is 8.94. The fourth-order valence-electron chi connectivity index (χ4n) is 5.35. The molecule has 0 aliphatic heterocycles. The minimum absolute atomic E-state index is 0.159. The van der Waals surface area contributed by atoms with E-state index in [9.17, 15) is 8.78 Å². The molecule has 0 heterocycles. The van der Waals surface area contributed by atoms with Gasteiger partial charge in [-0.05, 0) is 71.9 Å². The number of rotatable bonds is 7. The molecule has 0 nitrogen and oxygen atoms in total. The highest BCUT2D eigenvalue weighted by Crippen LogP contribution is 2.53. The summed E-state index contributed by atoms with van der Waals surface area (Å²) in [6.45, 7) is 4.30. The summed E-state index contributed by atoms with van der Waals surface area (Å²) in [6.07, 6.45) is 9.41. The number of hydrogen-bond donors (Lipinski definition) is 0. The van der Waals surface area contributed by atoms with Gasteiger partial charge in [0.2, 0.25) is 0 Å². The smallest absolute Gasteiger partial charge is 0.167 e. The standard InChI is InChI=1S/C25H31F3Si/c1-3-4-5-6-15-7-9-16(10-8-15)18-11-12-19-20-13-17(14-29-2)23(26)25(28)22(20)21(19)24(18)27/h11-13,15-16H,3-10,14,29H2,1-2H3. The van der Waals surface area contributed by atoms with Crippen LogP contribution in [-0.2, 0) is 6.04 Å². The van der Waals surface area contributed by atoms with Crippen molar-refractivity contribution in [3.8, 4) is 22.3 Å². The van der Waals surface area contributed by atoms with Crippen molar-refractivity contribution in [2.24, 2.45) is 5.92 Å². The summed E-state index contributed by atoms with van der Waals surface area (Å²) in [5, 5.41) is 0. The second kappa shape index (κ2) is 8.67. The average molecular weight is 417 g/mol. The van der Waals surface area contributed by atoms with Crippen LogP contribution in [0, 0.1) is 23.4 Å². The summed E-state index contributed by atoms with van der Waals surface area (Å²) in [5.41, 5.74) is 3.04. The Morgan fingerprint density at radius 3 is 2.31 bits per heavy atom. The fourth-order valence-corrected chi connectivity index (χ4v) is 6.25. The lowest BCUT2D eigenvalue weighted by Gasteiger charge is -2.32. The Labute approximate surface area is 174 Å².